The van der Waals surface area contributed by atoms with Crippen molar-refractivity contribution in [2.45, 2.75) is 51.9 Å². The lowest BCUT2D eigenvalue weighted by atomic mass is 9.78. The van der Waals surface area contributed by atoms with Crippen LogP contribution in [0, 0.1) is 30.5 Å². The minimum absolute atomic E-state index is 0.0439. The van der Waals surface area contributed by atoms with E-state index < -0.39 is 0 Å². The van der Waals surface area contributed by atoms with E-state index in [4.69, 9.17) is 0 Å². The van der Waals surface area contributed by atoms with Gasteiger partial charge in [-0.1, -0.05) is 0 Å². The van der Waals surface area contributed by atoms with Crippen LogP contribution in [0.15, 0.2) is 30.6 Å². The van der Waals surface area contributed by atoms with E-state index in [0.717, 1.165) is 80.9 Å². The molecule has 1 saturated carbocycles. The number of aryl methyl sites for hydroxylation is 1. The second-order valence-corrected chi connectivity index (χ2v) is 9.94. The number of nitrogens with zero attached hydrogens (tertiary/aromatic N) is 4. The third-order valence-corrected chi connectivity index (χ3v) is 7.59. The average Bonchev–Trinajstić information content (AvgIpc) is 3.64. The molecule has 0 amide bonds. The van der Waals surface area contributed by atoms with Crippen LogP contribution in [0.3, 0.4) is 0 Å². The number of aromatic nitrogens is 2. The van der Waals surface area contributed by atoms with E-state index in [0.29, 0.717) is 12.3 Å². The van der Waals surface area contributed by atoms with Crippen LogP contribution < -0.4 is 9.80 Å². The Morgan fingerprint density at radius 1 is 0.938 bits per heavy atom. The van der Waals surface area contributed by atoms with Crippen LogP contribution in [0.5, 0.6) is 0 Å². The number of benzene rings is 1. The molecule has 32 heavy (non-hydrogen) atoms. The molecule has 2 aliphatic heterocycles. The average molecular weight is 437 g/mol. The molecule has 0 unspecified atom stereocenters. The van der Waals surface area contributed by atoms with Gasteiger partial charge in [-0.05, 0) is 87.0 Å². The van der Waals surface area contributed by atoms with Gasteiger partial charge in [-0.15, -0.1) is 0 Å². The zero-order valence-electron chi connectivity index (χ0n) is 19.0. The lowest BCUT2D eigenvalue weighted by molar-refractivity contribution is 0.0972. The fourth-order valence-corrected chi connectivity index (χ4v) is 5.37. The van der Waals surface area contributed by atoms with Crippen molar-refractivity contribution in [3.8, 4) is 0 Å². The van der Waals surface area contributed by atoms with E-state index >= 15 is 0 Å². The van der Waals surface area contributed by atoms with Gasteiger partial charge >= 0.3 is 0 Å². The van der Waals surface area contributed by atoms with Crippen LogP contribution in [0.25, 0.3) is 0 Å². The highest BCUT2D eigenvalue weighted by Crippen LogP contribution is 2.36. The molecule has 3 fully saturated rings. The first-order valence-corrected chi connectivity index (χ1v) is 12.2. The lowest BCUT2D eigenvalue weighted by Gasteiger charge is -2.41. The number of anilines is 2. The van der Waals surface area contributed by atoms with Gasteiger partial charge < -0.3 is 9.80 Å². The molecule has 0 N–H and O–H groups in total. The fourth-order valence-electron chi connectivity index (χ4n) is 5.37. The summed E-state index contributed by atoms with van der Waals surface area (Å²) in [6.07, 6.45) is 11.2. The Labute approximate surface area is 190 Å². The van der Waals surface area contributed by atoms with Gasteiger partial charge in [0.25, 0.3) is 0 Å². The van der Waals surface area contributed by atoms with E-state index in [1.807, 2.05) is 25.4 Å². The van der Waals surface area contributed by atoms with Crippen molar-refractivity contribution < 1.29 is 9.18 Å². The number of hydrogen-bond acceptors (Lipinski definition) is 5. The molecule has 5 nitrogen and oxygen atoms in total. The quantitative estimate of drug-likeness (QED) is 0.594. The number of piperidine rings is 2. The minimum atomic E-state index is -0.360. The van der Waals surface area contributed by atoms with Crippen molar-refractivity contribution in [2.75, 3.05) is 36.0 Å². The molecule has 6 heteroatoms. The summed E-state index contributed by atoms with van der Waals surface area (Å²) in [5.74, 6) is 2.41. The normalized spacial score (nSPS) is 20.6. The van der Waals surface area contributed by atoms with Crippen LogP contribution in [0.2, 0.25) is 0 Å². The smallest absolute Gasteiger partial charge is 0.225 e. The summed E-state index contributed by atoms with van der Waals surface area (Å²) in [4.78, 5) is 25.8. The van der Waals surface area contributed by atoms with Gasteiger partial charge in [-0.2, -0.15) is 0 Å². The number of halogens is 1. The number of carbonyl (C=O) groups is 1. The van der Waals surface area contributed by atoms with E-state index in [-0.39, 0.29) is 17.2 Å². The molecule has 170 valence electrons. The second-order valence-electron chi connectivity index (χ2n) is 9.94. The Balaban J connectivity index is 1.12. The molecule has 2 saturated heterocycles. The Morgan fingerprint density at radius 3 is 2.09 bits per heavy atom. The van der Waals surface area contributed by atoms with Gasteiger partial charge in [0.15, 0.2) is 5.78 Å². The predicted molar refractivity (Wildman–Crippen MR) is 125 cm³/mol. The van der Waals surface area contributed by atoms with Crippen LogP contribution in [-0.4, -0.2) is 41.9 Å². The molecule has 0 atom stereocenters. The van der Waals surface area contributed by atoms with Gasteiger partial charge in [0, 0.05) is 50.7 Å². The molecule has 0 radical (unpaired) electrons. The van der Waals surface area contributed by atoms with Crippen molar-refractivity contribution in [1.82, 2.24) is 9.97 Å². The molecule has 3 aliphatic rings. The number of rotatable bonds is 6. The van der Waals surface area contributed by atoms with E-state index in [1.54, 1.807) is 12.1 Å². The summed E-state index contributed by atoms with van der Waals surface area (Å²) >= 11 is 0. The second kappa shape index (κ2) is 9.16. The Kier molecular flexibility index (Phi) is 6.11. The molecular formula is C26H33FN4O. The highest BCUT2D eigenvalue weighted by Gasteiger charge is 2.31. The molecule has 2 aromatic rings. The lowest BCUT2D eigenvalue weighted by Crippen LogP contribution is -2.41. The van der Waals surface area contributed by atoms with Crippen molar-refractivity contribution in [2.24, 2.45) is 17.8 Å². The third-order valence-electron chi connectivity index (χ3n) is 7.59. The summed E-state index contributed by atoms with van der Waals surface area (Å²) < 4.78 is 14.6. The van der Waals surface area contributed by atoms with Gasteiger partial charge in [0.2, 0.25) is 5.95 Å². The maximum absolute atomic E-state index is 14.6. The van der Waals surface area contributed by atoms with Gasteiger partial charge in [-0.3, -0.25) is 4.79 Å². The van der Waals surface area contributed by atoms with Gasteiger partial charge in [0.05, 0.1) is 5.56 Å². The summed E-state index contributed by atoms with van der Waals surface area (Å²) in [6, 6.07) is 5.20. The third kappa shape index (κ3) is 4.79. The molecule has 3 heterocycles. The highest BCUT2D eigenvalue weighted by molar-refractivity contribution is 5.97. The van der Waals surface area contributed by atoms with Crippen LogP contribution in [0.4, 0.5) is 16.0 Å². The van der Waals surface area contributed by atoms with Crippen molar-refractivity contribution >= 4 is 17.4 Å². The molecule has 0 bridgehead atoms. The predicted octanol–water partition coefficient (Wildman–Crippen LogP) is 5.04. The van der Waals surface area contributed by atoms with E-state index in [2.05, 4.69) is 19.8 Å². The summed E-state index contributed by atoms with van der Waals surface area (Å²) in [6.45, 7) is 5.98. The van der Waals surface area contributed by atoms with Crippen molar-refractivity contribution in [1.29, 1.82) is 0 Å². The Hall–Kier alpha value is -2.50. The molecule has 0 spiro atoms. The van der Waals surface area contributed by atoms with Gasteiger partial charge in [-0.25, -0.2) is 14.4 Å². The summed E-state index contributed by atoms with van der Waals surface area (Å²) in [7, 11) is 0. The van der Waals surface area contributed by atoms with Crippen molar-refractivity contribution in [3.63, 3.8) is 0 Å². The largest absolute Gasteiger partial charge is 0.371 e. The number of carbonyl (C=O) groups excluding carboxylic acids is 1. The van der Waals surface area contributed by atoms with Crippen molar-refractivity contribution in [3.05, 3.63) is 47.5 Å². The Morgan fingerprint density at radius 2 is 1.53 bits per heavy atom. The summed E-state index contributed by atoms with van der Waals surface area (Å²) in [5, 5.41) is 0. The molecule has 1 aliphatic carbocycles. The van der Waals surface area contributed by atoms with Crippen LogP contribution >= 0.6 is 0 Å². The Bertz CT molecular complexity index is 943. The minimum Gasteiger partial charge on any atom is -0.371 e. The van der Waals surface area contributed by atoms with Crippen LogP contribution in [-0.2, 0) is 0 Å². The molecular weight excluding hydrogens is 403 g/mol. The van der Waals surface area contributed by atoms with Gasteiger partial charge in [0.1, 0.15) is 5.82 Å². The first-order chi connectivity index (χ1) is 15.6. The van der Waals surface area contributed by atoms with Crippen LogP contribution in [0.1, 0.15) is 60.9 Å². The standard InChI is InChI=1S/C26H33FN4O/c1-18-16-28-26(29-17-18)31-12-8-21(9-13-31)20-6-10-30(11-7-20)22-4-5-23(24(27)15-22)25(32)14-19-2-3-19/h4-5,15-17,19-21H,2-3,6-14H2,1H3. The first-order valence-electron chi connectivity index (χ1n) is 12.2. The summed E-state index contributed by atoms with van der Waals surface area (Å²) in [5.41, 5.74) is 2.27. The number of hydrogen-bond donors (Lipinski definition) is 0. The fraction of sp³-hybridized carbons (Fsp3) is 0.577. The number of ketones is 1. The molecule has 5 rings (SSSR count). The van der Waals surface area contributed by atoms with E-state index in [1.165, 1.54) is 12.8 Å². The number of Topliss-reactive ketones (excluding diaryl/α,β-unsaturated/α-hetero) is 1. The monoisotopic (exact) mass is 436 g/mol. The highest BCUT2D eigenvalue weighted by atomic mass is 19.1. The molecule has 1 aromatic heterocycles. The van der Waals surface area contributed by atoms with E-state index in [9.17, 15) is 9.18 Å². The maximum Gasteiger partial charge on any atom is 0.225 e. The zero-order chi connectivity index (χ0) is 22.1. The SMILES string of the molecule is Cc1cnc(N2CCC(C3CCN(c4ccc(C(=O)CC5CC5)c(F)c4)CC3)CC2)nc1. The zero-order valence-corrected chi connectivity index (χ0v) is 19.0. The topological polar surface area (TPSA) is 49.3 Å². The first kappa shape index (κ1) is 21.4. The molecule has 1 aromatic carbocycles. The maximum atomic E-state index is 14.6.